The van der Waals surface area contributed by atoms with Gasteiger partial charge in [-0.25, -0.2) is 0 Å². The molecule has 0 aliphatic rings. The molecule has 0 amide bonds. The number of nitrogens with zero attached hydrogens (tertiary/aromatic N) is 1. The van der Waals surface area contributed by atoms with Gasteiger partial charge in [0.15, 0.2) is 5.96 Å². The molecule has 0 aromatic heterocycles. The van der Waals surface area contributed by atoms with Crippen LogP contribution in [0.25, 0.3) is 0 Å². The van der Waals surface area contributed by atoms with Gasteiger partial charge in [0, 0.05) is 16.6 Å². The molecule has 1 rings (SSSR count). The molecule has 1 aromatic carbocycles. The van der Waals surface area contributed by atoms with Crippen molar-refractivity contribution < 1.29 is 5.11 Å². The summed E-state index contributed by atoms with van der Waals surface area (Å²) in [6.07, 6.45) is 0.955. The van der Waals surface area contributed by atoms with Crippen LogP contribution >= 0.6 is 11.6 Å². The van der Waals surface area contributed by atoms with E-state index in [4.69, 9.17) is 17.3 Å². The minimum Gasteiger partial charge on any atom is -0.383 e. The van der Waals surface area contributed by atoms with E-state index >= 15 is 0 Å². The maximum Gasteiger partial charge on any atom is 0.188 e. The molecule has 0 aliphatic heterocycles. The van der Waals surface area contributed by atoms with Gasteiger partial charge in [-0.3, -0.25) is 4.99 Å². The monoisotopic (exact) mass is 283 g/mol. The summed E-state index contributed by atoms with van der Waals surface area (Å²) in [6.45, 7) is 5.92. The highest BCUT2D eigenvalue weighted by molar-refractivity contribution is 6.31. The Kier molecular flexibility index (Phi) is 5.63. The van der Waals surface area contributed by atoms with Crippen LogP contribution in [0.15, 0.2) is 29.3 Å². The van der Waals surface area contributed by atoms with Crippen molar-refractivity contribution in [3.63, 3.8) is 0 Å². The van der Waals surface area contributed by atoms with E-state index in [1.54, 1.807) is 19.1 Å². The van der Waals surface area contributed by atoms with Gasteiger partial charge in [-0.15, -0.1) is 0 Å². The fourth-order valence-corrected chi connectivity index (χ4v) is 1.96. The molecule has 0 saturated carbocycles. The Morgan fingerprint density at radius 3 is 2.74 bits per heavy atom. The lowest BCUT2D eigenvalue weighted by molar-refractivity contribution is 0.0674. The van der Waals surface area contributed by atoms with Crippen molar-refractivity contribution in [2.24, 2.45) is 10.7 Å². The van der Waals surface area contributed by atoms with E-state index in [1.807, 2.05) is 19.1 Å². The Balaban J connectivity index is 2.75. The van der Waals surface area contributed by atoms with Crippen molar-refractivity contribution in [1.29, 1.82) is 0 Å². The summed E-state index contributed by atoms with van der Waals surface area (Å²) < 4.78 is 0. The first-order valence-electron chi connectivity index (χ1n) is 6.40. The number of hydrogen-bond acceptors (Lipinski definition) is 2. The molecule has 19 heavy (non-hydrogen) atoms. The van der Waals surface area contributed by atoms with E-state index in [0.29, 0.717) is 16.5 Å². The van der Waals surface area contributed by atoms with Crippen LogP contribution in [0.1, 0.15) is 32.8 Å². The van der Waals surface area contributed by atoms with Crippen LogP contribution in [0.5, 0.6) is 0 Å². The van der Waals surface area contributed by atoms with Gasteiger partial charge >= 0.3 is 0 Å². The minimum atomic E-state index is -1.14. The molecule has 0 fully saturated rings. The van der Waals surface area contributed by atoms with Gasteiger partial charge in [-0.2, -0.15) is 0 Å². The Morgan fingerprint density at radius 2 is 2.16 bits per heavy atom. The average molecular weight is 284 g/mol. The van der Waals surface area contributed by atoms with E-state index < -0.39 is 5.60 Å². The molecule has 1 aromatic rings. The fourth-order valence-electron chi connectivity index (χ4n) is 1.62. The lowest BCUT2D eigenvalue weighted by Crippen LogP contribution is -2.39. The molecule has 5 heteroatoms. The number of rotatable bonds is 5. The largest absolute Gasteiger partial charge is 0.383 e. The number of aliphatic hydroxyl groups is 1. The number of benzene rings is 1. The topological polar surface area (TPSA) is 70.6 Å². The zero-order chi connectivity index (χ0) is 14.5. The lowest BCUT2D eigenvalue weighted by Gasteiger charge is -2.23. The van der Waals surface area contributed by atoms with Gasteiger partial charge < -0.3 is 16.2 Å². The Bertz CT molecular complexity index is 446. The van der Waals surface area contributed by atoms with E-state index in [0.717, 1.165) is 6.42 Å². The first-order chi connectivity index (χ1) is 8.86. The molecular weight excluding hydrogens is 262 g/mol. The summed E-state index contributed by atoms with van der Waals surface area (Å²) in [5, 5.41) is 14.0. The predicted molar refractivity (Wildman–Crippen MR) is 80.4 cm³/mol. The SMILES string of the molecule is CCC(C)NC(N)=NCC(C)(O)c1ccccc1Cl. The Morgan fingerprint density at radius 1 is 1.53 bits per heavy atom. The molecule has 0 radical (unpaired) electrons. The van der Waals surface area contributed by atoms with E-state index in [1.165, 1.54) is 0 Å². The zero-order valence-electron chi connectivity index (χ0n) is 11.7. The van der Waals surface area contributed by atoms with Crippen LogP contribution in [0, 0.1) is 0 Å². The normalized spacial score (nSPS) is 16.8. The second-order valence-electron chi connectivity index (χ2n) is 4.91. The quantitative estimate of drug-likeness (QED) is 0.573. The van der Waals surface area contributed by atoms with Crippen LogP contribution in [-0.4, -0.2) is 23.7 Å². The number of guanidine groups is 1. The number of nitrogens with two attached hydrogens (primary N) is 1. The number of aliphatic imine (C=N–C) groups is 1. The molecule has 0 bridgehead atoms. The highest BCUT2D eigenvalue weighted by Gasteiger charge is 2.25. The second-order valence-corrected chi connectivity index (χ2v) is 5.32. The molecule has 2 unspecified atom stereocenters. The smallest absolute Gasteiger partial charge is 0.188 e. The highest BCUT2D eigenvalue weighted by Crippen LogP contribution is 2.27. The summed E-state index contributed by atoms with van der Waals surface area (Å²) in [5.41, 5.74) is 5.28. The van der Waals surface area contributed by atoms with E-state index in [2.05, 4.69) is 17.2 Å². The maximum atomic E-state index is 10.4. The number of halogens is 1. The molecule has 0 heterocycles. The van der Waals surface area contributed by atoms with Crippen LogP contribution < -0.4 is 11.1 Å². The minimum absolute atomic E-state index is 0.159. The molecular formula is C14H22ClN3O. The highest BCUT2D eigenvalue weighted by atomic mass is 35.5. The van der Waals surface area contributed by atoms with Gasteiger partial charge in [0.1, 0.15) is 5.60 Å². The Hall–Kier alpha value is -1.26. The Labute approximate surface area is 119 Å². The van der Waals surface area contributed by atoms with Crippen molar-refractivity contribution in [2.75, 3.05) is 6.54 Å². The number of nitrogens with one attached hydrogen (secondary N) is 1. The summed E-state index contributed by atoms with van der Waals surface area (Å²) in [5.74, 6) is 0.335. The molecule has 0 spiro atoms. The van der Waals surface area contributed by atoms with Crippen LogP contribution in [0.2, 0.25) is 5.02 Å². The molecule has 0 saturated heterocycles. The van der Waals surface area contributed by atoms with Crippen molar-refractivity contribution in [2.45, 2.75) is 38.8 Å². The van der Waals surface area contributed by atoms with Gasteiger partial charge in [0.05, 0.1) is 6.54 Å². The van der Waals surface area contributed by atoms with E-state index in [-0.39, 0.29) is 12.6 Å². The summed E-state index contributed by atoms with van der Waals surface area (Å²) in [4.78, 5) is 4.18. The number of hydrogen-bond donors (Lipinski definition) is 3. The summed E-state index contributed by atoms with van der Waals surface area (Å²) in [7, 11) is 0. The maximum absolute atomic E-state index is 10.4. The molecule has 4 nitrogen and oxygen atoms in total. The first kappa shape index (κ1) is 15.8. The van der Waals surface area contributed by atoms with Crippen molar-refractivity contribution in [3.05, 3.63) is 34.9 Å². The van der Waals surface area contributed by atoms with Crippen LogP contribution in [-0.2, 0) is 5.60 Å². The third-order valence-electron chi connectivity index (χ3n) is 3.02. The first-order valence-corrected chi connectivity index (χ1v) is 6.78. The second kappa shape index (κ2) is 6.78. The van der Waals surface area contributed by atoms with Crippen LogP contribution in [0.4, 0.5) is 0 Å². The van der Waals surface area contributed by atoms with Crippen molar-refractivity contribution >= 4 is 17.6 Å². The third-order valence-corrected chi connectivity index (χ3v) is 3.35. The van der Waals surface area contributed by atoms with Crippen molar-refractivity contribution in [1.82, 2.24) is 5.32 Å². The third kappa shape index (κ3) is 4.73. The standard InChI is InChI=1S/C14H22ClN3O/c1-4-10(2)18-13(16)17-9-14(3,19)11-7-5-6-8-12(11)15/h5-8,10,19H,4,9H2,1-3H3,(H3,16,17,18). The predicted octanol–water partition coefficient (Wildman–Crippen LogP) is 2.25. The van der Waals surface area contributed by atoms with Gasteiger partial charge in [0.2, 0.25) is 0 Å². The molecule has 106 valence electrons. The molecule has 2 atom stereocenters. The van der Waals surface area contributed by atoms with Gasteiger partial charge in [-0.05, 0) is 26.3 Å². The fraction of sp³-hybridized carbons (Fsp3) is 0.500. The van der Waals surface area contributed by atoms with Crippen molar-refractivity contribution in [3.8, 4) is 0 Å². The molecule has 4 N–H and O–H groups in total. The summed E-state index contributed by atoms with van der Waals surface area (Å²) in [6, 6.07) is 7.45. The van der Waals surface area contributed by atoms with Gasteiger partial charge in [0.25, 0.3) is 0 Å². The van der Waals surface area contributed by atoms with E-state index in [9.17, 15) is 5.11 Å². The average Bonchev–Trinajstić information content (AvgIpc) is 2.36. The molecule has 0 aliphatic carbocycles. The van der Waals surface area contributed by atoms with Gasteiger partial charge in [-0.1, -0.05) is 36.7 Å². The van der Waals surface area contributed by atoms with Crippen LogP contribution in [0.3, 0.4) is 0 Å². The lowest BCUT2D eigenvalue weighted by atomic mass is 9.96. The zero-order valence-corrected chi connectivity index (χ0v) is 12.4. The summed E-state index contributed by atoms with van der Waals surface area (Å²) >= 11 is 6.08.